The van der Waals surface area contributed by atoms with Crippen LogP contribution in [0.25, 0.3) is 0 Å². The maximum Gasteiger partial charge on any atom is 0.0571 e. The first-order valence-corrected chi connectivity index (χ1v) is 9.64. The summed E-state index contributed by atoms with van der Waals surface area (Å²) in [6.45, 7) is 4.32. The smallest absolute Gasteiger partial charge is 0.0571 e. The second-order valence-corrected chi connectivity index (χ2v) is 6.57. The SMILES string of the molecule is CCCCCCCCCC(CCCNCc1ccccc1)OC. The molecule has 0 heterocycles. The molecule has 23 heavy (non-hydrogen) atoms. The molecule has 1 rings (SSSR count). The zero-order valence-corrected chi connectivity index (χ0v) is 15.4. The second kappa shape index (κ2) is 14.7. The highest BCUT2D eigenvalue weighted by atomic mass is 16.5. The Balaban J connectivity index is 1.94. The third-order valence-electron chi connectivity index (χ3n) is 4.51. The number of hydrogen-bond acceptors (Lipinski definition) is 2. The van der Waals surface area contributed by atoms with Gasteiger partial charge in [0.2, 0.25) is 0 Å². The van der Waals surface area contributed by atoms with Crippen LogP contribution in [0.2, 0.25) is 0 Å². The minimum absolute atomic E-state index is 0.448. The molecule has 0 aliphatic carbocycles. The third kappa shape index (κ3) is 11.3. The Hall–Kier alpha value is -0.860. The van der Waals surface area contributed by atoms with Crippen molar-refractivity contribution in [3.8, 4) is 0 Å². The molecular formula is C21H37NO. The fourth-order valence-electron chi connectivity index (χ4n) is 2.99. The van der Waals surface area contributed by atoms with Crippen LogP contribution in [0.3, 0.4) is 0 Å². The maximum atomic E-state index is 5.63. The molecule has 0 aliphatic rings. The predicted octanol–water partition coefficient (Wildman–Crippen LogP) is 5.71. The summed E-state index contributed by atoms with van der Waals surface area (Å²) < 4.78 is 5.63. The van der Waals surface area contributed by atoms with Crippen LogP contribution in [0.15, 0.2) is 30.3 Å². The fourth-order valence-corrected chi connectivity index (χ4v) is 2.99. The van der Waals surface area contributed by atoms with Crippen molar-refractivity contribution in [1.82, 2.24) is 5.32 Å². The van der Waals surface area contributed by atoms with E-state index in [1.54, 1.807) is 0 Å². The molecule has 0 saturated heterocycles. The molecule has 0 amide bonds. The number of rotatable bonds is 15. The fraction of sp³-hybridized carbons (Fsp3) is 0.714. The van der Waals surface area contributed by atoms with Crippen LogP contribution >= 0.6 is 0 Å². The molecule has 0 fully saturated rings. The first-order valence-electron chi connectivity index (χ1n) is 9.64. The number of ether oxygens (including phenoxy) is 1. The number of hydrogen-bond donors (Lipinski definition) is 1. The van der Waals surface area contributed by atoms with Gasteiger partial charge in [0.15, 0.2) is 0 Å². The topological polar surface area (TPSA) is 21.3 Å². The summed E-state index contributed by atoms with van der Waals surface area (Å²) >= 11 is 0. The molecule has 2 nitrogen and oxygen atoms in total. The molecule has 1 aromatic rings. The van der Waals surface area contributed by atoms with E-state index in [4.69, 9.17) is 4.74 Å². The molecule has 0 aromatic heterocycles. The van der Waals surface area contributed by atoms with Gasteiger partial charge >= 0.3 is 0 Å². The van der Waals surface area contributed by atoms with Crippen molar-refractivity contribution in [2.45, 2.75) is 83.8 Å². The Bertz CT molecular complexity index is 352. The van der Waals surface area contributed by atoms with E-state index in [0.29, 0.717) is 6.10 Å². The van der Waals surface area contributed by atoms with Crippen molar-refractivity contribution in [3.63, 3.8) is 0 Å². The van der Waals surface area contributed by atoms with Gasteiger partial charge in [0.1, 0.15) is 0 Å². The Morgan fingerprint density at radius 3 is 2.22 bits per heavy atom. The number of methoxy groups -OCH3 is 1. The summed E-state index contributed by atoms with van der Waals surface area (Å²) in [4.78, 5) is 0. The van der Waals surface area contributed by atoms with Crippen molar-refractivity contribution >= 4 is 0 Å². The Kier molecular flexibility index (Phi) is 12.9. The van der Waals surface area contributed by atoms with Gasteiger partial charge in [0, 0.05) is 13.7 Å². The van der Waals surface area contributed by atoms with Crippen molar-refractivity contribution in [3.05, 3.63) is 35.9 Å². The van der Waals surface area contributed by atoms with Gasteiger partial charge in [-0.2, -0.15) is 0 Å². The third-order valence-corrected chi connectivity index (χ3v) is 4.51. The normalized spacial score (nSPS) is 12.4. The van der Waals surface area contributed by atoms with Crippen molar-refractivity contribution in [1.29, 1.82) is 0 Å². The molecule has 1 aromatic carbocycles. The van der Waals surface area contributed by atoms with Crippen molar-refractivity contribution in [2.75, 3.05) is 13.7 Å². The molecule has 132 valence electrons. The molecular weight excluding hydrogens is 282 g/mol. The Labute approximate surface area is 144 Å². The molecule has 1 unspecified atom stereocenters. The molecule has 1 atom stereocenters. The largest absolute Gasteiger partial charge is 0.381 e. The van der Waals surface area contributed by atoms with Crippen LogP contribution < -0.4 is 5.32 Å². The van der Waals surface area contributed by atoms with Crippen LogP contribution in [-0.2, 0) is 11.3 Å². The van der Waals surface area contributed by atoms with E-state index in [-0.39, 0.29) is 0 Å². The average Bonchev–Trinajstić information content (AvgIpc) is 2.59. The van der Waals surface area contributed by atoms with Gasteiger partial charge < -0.3 is 10.1 Å². The first-order chi connectivity index (χ1) is 11.4. The van der Waals surface area contributed by atoms with Crippen LogP contribution in [0.5, 0.6) is 0 Å². The van der Waals surface area contributed by atoms with Crippen molar-refractivity contribution in [2.24, 2.45) is 0 Å². The van der Waals surface area contributed by atoms with E-state index in [9.17, 15) is 0 Å². The van der Waals surface area contributed by atoms with Gasteiger partial charge in [0.05, 0.1) is 6.10 Å². The molecule has 0 radical (unpaired) electrons. The molecule has 1 N–H and O–H groups in total. The number of unbranched alkanes of at least 4 members (excludes halogenated alkanes) is 6. The van der Waals surface area contributed by atoms with E-state index < -0.39 is 0 Å². The zero-order valence-electron chi connectivity index (χ0n) is 15.4. The highest BCUT2D eigenvalue weighted by molar-refractivity contribution is 5.14. The van der Waals surface area contributed by atoms with Crippen LogP contribution in [-0.4, -0.2) is 19.8 Å². The summed E-state index contributed by atoms with van der Waals surface area (Å²) in [6.07, 6.45) is 13.7. The quantitative estimate of drug-likeness (QED) is 0.418. The lowest BCUT2D eigenvalue weighted by Gasteiger charge is -2.15. The first kappa shape index (κ1) is 20.2. The highest BCUT2D eigenvalue weighted by Crippen LogP contribution is 2.13. The Morgan fingerprint density at radius 1 is 0.870 bits per heavy atom. The molecule has 0 aliphatic heterocycles. The highest BCUT2D eigenvalue weighted by Gasteiger charge is 2.06. The van der Waals surface area contributed by atoms with Gasteiger partial charge in [-0.25, -0.2) is 0 Å². The van der Waals surface area contributed by atoms with E-state index in [0.717, 1.165) is 13.1 Å². The summed E-state index contributed by atoms with van der Waals surface area (Å²) in [5.41, 5.74) is 1.36. The minimum Gasteiger partial charge on any atom is -0.381 e. The molecule has 0 saturated carbocycles. The number of nitrogens with one attached hydrogen (secondary N) is 1. The van der Waals surface area contributed by atoms with Gasteiger partial charge in [-0.05, 0) is 31.4 Å². The van der Waals surface area contributed by atoms with Crippen molar-refractivity contribution < 1.29 is 4.74 Å². The summed E-state index contributed by atoms with van der Waals surface area (Å²) in [6, 6.07) is 10.6. The molecule has 2 heteroatoms. The Morgan fingerprint density at radius 2 is 1.52 bits per heavy atom. The monoisotopic (exact) mass is 319 g/mol. The van der Waals surface area contributed by atoms with E-state index in [1.165, 1.54) is 69.8 Å². The summed E-state index contributed by atoms with van der Waals surface area (Å²) in [5.74, 6) is 0. The number of benzene rings is 1. The standard InChI is InChI=1S/C21H37NO/c1-3-4-5-6-7-8-12-16-21(23-2)17-13-18-22-19-20-14-10-9-11-15-20/h9-11,14-15,21-22H,3-8,12-13,16-19H2,1-2H3. The lowest BCUT2D eigenvalue weighted by molar-refractivity contribution is 0.0838. The molecule has 0 bridgehead atoms. The van der Waals surface area contributed by atoms with Crippen LogP contribution in [0, 0.1) is 0 Å². The summed E-state index contributed by atoms with van der Waals surface area (Å²) in [7, 11) is 1.86. The van der Waals surface area contributed by atoms with Gasteiger partial charge in [-0.15, -0.1) is 0 Å². The van der Waals surface area contributed by atoms with Gasteiger partial charge in [-0.1, -0.05) is 82.2 Å². The lowest BCUT2D eigenvalue weighted by Crippen LogP contribution is -2.18. The van der Waals surface area contributed by atoms with E-state index >= 15 is 0 Å². The van der Waals surface area contributed by atoms with E-state index in [1.807, 2.05) is 7.11 Å². The van der Waals surface area contributed by atoms with Crippen LogP contribution in [0.1, 0.15) is 76.7 Å². The van der Waals surface area contributed by atoms with Gasteiger partial charge in [0.25, 0.3) is 0 Å². The zero-order chi connectivity index (χ0) is 16.6. The maximum absolute atomic E-state index is 5.63. The average molecular weight is 320 g/mol. The molecule has 0 spiro atoms. The van der Waals surface area contributed by atoms with E-state index in [2.05, 4.69) is 42.6 Å². The minimum atomic E-state index is 0.448. The lowest BCUT2D eigenvalue weighted by atomic mass is 10.0. The summed E-state index contributed by atoms with van der Waals surface area (Å²) in [5, 5.41) is 3.52. The van der Waals surface area contributed by atoms with Crippen LogP contribution in [0.4, 0.5) is 0 Å². The van der Waals surface area contributed by atoms with Gasteiger partial charge in [-0.3, -0.25) is 0 Å². The predicted molar refractivity (Wildman–Crippen MR) is 101 cm³/mol. The second-order valence-electron chi connectivity index (χ2n) is 6.57.